The van der Waals surface area contributed by atoms with Crippen LogP contribution >= 0.6 is 43.0 Å². The molecule has 1 amide bonds. The average Bonchev–Trinajstić information content (AvgIpc) is 3.02. The summed E-state index contributed by atoms with van der Waals surface area (Å²) in [6.07, 6.45) is 0.926. The van der Waals surface area contributed by atoms with Crippen LogP contribution in [0.25, 0.3) is 0 Å². The normalized spacial score (nSPS) is 37.1. The SMILES string of the molecule is CC1(NC(=O)C(C)(I)C23NI2N3)CCOC(=O)C1. The standard InChI is InChI=1S/C10H15I2N3O3/c1-8(3-4-18-6(16)5-8)13-7(17)9(2,11)10-12(14-10)15-10/h14-15H,3-5H2,1-2H3,(H,13,17). The van der Waals surface area contributed by atoms with E-state index in [0.717, 1.165) is 0 Å². The summed E-state index contributed by atoms with van der Waals surface area (Å²) in [6, 6.07) is 0. The molecular weight excluding hydrogens is 464 g/mol. The summed E-state index contributed by atoms with van der Waals surface area (Å²) in [5.41, 5.74) is -0.474. The zero-order chi connectivity index (χ0) is 13.2. The van der Waals surface area contributed by atoms with Crippen molar-refractivity contribution in [3.63, 3.8) is 0 Å². The molecule has 3 fully saturated rings. The number of alkyl halides is 2. The van der Waals surface area contributed by atoms with Gasteiger partial charge >= 0.3 is 127 Å². The van der Waals surface area contributed by atoms with Crippen molar-refractivity contribution in [2.45, 2.75) is 39.3 Å². The van der Waals surface area contributed by atoms with Crippen molar-refractivity contribution in [1.29, 1.82) is 0 Å². The van der Waals surface area contributed by atoms with E-state index >= 15 is 0 Å². The molecule has 3 N–H and O–H groups in total. The van der Waals surface area contributed by atoms with E-state index in [0.29, 0.717) is 13.0 Å². The topological polar surface area (TPSA) is 99.3 Å². The number of hydrogen-bond acceptors (Lipinski definition) is 5. The van der Waals surface area contributed by atoms with E-state index in [2.05, 4.69) is 35.0 Å². The van der Waals surface area contributed by atoms with Crippen LogP contribution in [-0.2, 0) is 14.3 Å². The van der Waals surface area contributed by atoms with Crippen molar-refractivity contribution in [1.82, 2.24) is 12.4 Å². The Morgan fingerprint density at radius 1 is 1.61 bits per heavy atom. The molecule has 3 saturated heterocycles. The Bertz CT molecular complexity index is 436. The summed E-state index contributed by atoms with van der Waals surface area (Å²) >= 11 is 1.05. The zero-order valence-electron chi connectivity index (χ0n) is 10.1. The van der Waals surface area contributed by atoms with Gasteiger partial charge in [-0.2, -0.15) is 0 Å². The van der Waals surface area contributed by atoms with E-state index in [1.54, 1.807) is 0 Å². The quantitative estimate of drug-likeness (QED) is 0.138. The number of ether oxygens (including phenoxy) is 1. The second-order valence-electron chi connectivity index (χ2n) is 5.30. The van der Waals surface area contributed by atoms with Gasteiger partial charge in [0, 0.05) is 0 Å². The van der Waals surface area contributed by atoms with Crippen molar-refractivity contribution in [2.75, 3.05) is 6.61 Å². The molecule has 2 atom stereocenters. The van der Waals surface area contributed by atoms with Gasteiger partial charge in [0.25, 0.3) is 0 Å². The first-order valence-corrected chi connectivity index (χ1v) is 10.0. The van der Waals surface area contributed by atoms with Gasteiger partial charge in [-0.05, 0) is 0 Å². The fourth-order valence-corrected chi connectivity index (χ4v) is 9.87. The number of rotatable bonds is 3. The molecule has 0 spiro atoms. The second-order valence-corrected chi connectivity index (χ2v) is 11.8. The molecule has 102 valence electrons. The van der Waals surface area contributed by atoms with Crippen LogP contribution < -0.4 is 12.4 Å². The number of amides is 1. The summed E-state index contributed by atoms with van der Waals surface area (Å²) in [5.74, 6) is -0.238. The van der Waals surface area contributed by atoms with Gasteiger partial charge in [0.05, 0.1) is 0 Å². The number of esters is 1. The Balaban J connectivity index is 1.68. The monoisotopic (exact) mass is 479 g/mol. The maximum atomic E-state index is 12.4. The van der Waals surface area contributed by atoms with Crippen LogP contribution in [0, 0.1) is 0 Å². The van der Waals surface area contributed by atoms with Gasteiger partial charge in [-0.15, -0.1) is 0 Å². The summed E-state index contributed by atoms with van der Waals surface area (Å²) in [5, 5.41) is 3.04. The molecule has 8 heteroatoms. The van der Waals surface area contributed by atoms with Crippen LogP contribution in [0.4, 0.5) is 0 Å². The second kappa shape index (κ2) is 3.92. The van der Waals surface area contributed by atoms with Gasteiger partial charge in [0.15, 0.2) is 0 Å². The van der Waals surface area contributed by atoms with Crippen molar-refractivity contribution in [3.05, 3.63) is 0 Å². The first kappa shape index (κ1) is 13.3. The van der Waals surface area contributed by atoms with E-state index < -0.39 is 29.3 Å². The minimum absolute atomic E-state index is 0.00222. The van der Waals surface area contributed by atoms with Gasteiger partial charge in [0.1, 0.15) is 0 Å². The third-order valence-electron chi connectivity index (χ3n) is 3.60. The summed E-state index contributed by atoms with van der Waals surface area (Å²) in [4.78, 5) is 23.8. The van der Waals surface area contributed by atoms with Gasteiger partial charge in [-0.3, -0.25) is 0 Å². The van der Waals surface area contributed by atoms with E-state index in [1.807, 2.05) is 13.8 Å². The molecule has 0 saturated carbocycles. The van der Waals surface area contributed by atoms with Crippen LogP contribution in [0.15, 0.2) is 0 Å². The third kappa shape index (κ3) is 1.95. The van der Waals surface area contributed by atoms with Crippen LogP contribution in [0.2, 0.25) is 0 Å². The van der Waals surface area contributed by atoms with E-state index in [9.17, 15) is 9.59 Å². The molecule has 0 aromatic heterocycles. The Kier molecular flexibility index (Phi) is 2.90. The number of hydrogen-bond donors (Lipinski definition) is 3. The molecule has 3 heterocycles. The van der Waals surface area contributed by atoms with Crippen molar-refractivity contribution >= 4 is 54.8 Å². The fourth-order valence-electron chi connectivity index (χ4n) is 2.08. The molecule has 0 aromatic rings. The third-order valence-corrected chi connectivity index (χ3v) is 10.8. The molecule has 18 heavy (non-hydrogen) atoms. The number of fused-ring (bicyclic) bond motifs is 1. The predicted molar refractivity (Wildman–Crippen MR) is 82.2 cm³/mol. The Labute approximate surface area is 127 Å². The van der Waals surface area contributed by atoms with Gasteiger partial charge < -0.3 is 0 Å². The zero-order valence-corrected chi connectivity index (χ0v) is 14.4. The van der Waals surface area contributed by atoms with Crippen molar-refractivity contribution < 1.29 is 14.3 Å². The van der Waals surface area contributed by atoms with Crippen LogP contribution in [-0.4, -0.2) is 31.1 Å². The molecule has 0 radical (unpaired) electrons. The maximum absolute atomic E-state index is 12.4. The first-order valence-electron chi connectivity index (χ1n) is 5.72. The Hall–Kier alpha value is 0.320. The Morgan fingerprint density at radius 3 is 2.72 bits per heavy atom. The molecule has 3 aliphatic rings. The van der Waals surface area contributed by atoms with E-state index in [4.69, 9.17) is 4.74 Å². The van der Waals surface area contributed by atoms with Gasteiger partial charge in [-0.25, -0.2) is 0 Å². The number of cyclic esters (lactones) is 1. The predicted octanol–water partition coefficient (Wildman–Crippen LogP) is 0.589. The molecule has 3 aliphatic heterocycles. The average molecular weight is 479 g/mol. The first-order chi connectivity index (χ1) is 8.29. The molecule has 6 nitrogen and oxygen atoms in total. The number of carbonyl (C=O) groups is 2. The van der Waals surface area contributed by atoms with Crippen LogP contribution in [0.1, 0.15) is 26.7 Å². The summed E-state index contributed by atoms with van der Waals surface area (Å²) < 4.78 is 11.1. The van der Waals surface area contributed by atoms with E-state index in [1.165, 1.54) is 0 Å². The Morgan fingerprint density at radius 2 is 2.22 bits per heavy atom. The molecule has 3 rings (SSSR count). The number of carbonyl (C=O) groups excluding carboxylic acids is 2. The molecule has 0 aromatic carbocycles. The van der Waals surface area contributed by atoms with Crippen LogP contribution in [0.5, 0.6) is 0 Å². The summed E-state index contributed by atoms with van der Waals surface area (Å²) in [7, 11) is 0. The van der Waals surface area contributed by atoms with Crippen molar-refractivity contribution in [2.24, 2.45) is 0 Å². The molecule has 2 unspecified atom stereocenters. The fraction of sp³-hybridized carbons (Fsp3) is 0.800. The van der Waals surface area contributed by atoms with Crippen LogP contribution in [0.3, 0.4) is 0 Å². The minimum atomic E-state index is -1.15. The molecule has 0 aliphatic carbocycles. The molecular formula is C10H15I2N3O3. The molecule has 0 bridgehead atoms. The van der Waals surface area contributed by atoms with E-state index in [-0.39, 0.29) is 22.0 Å². The van der Waals surface area contributed by atoms with Gasteiger partial charge in [0.2, 0.25) is 0 Å². The van der Waals surface area contributed by atoms with Gasteiger partial charge in [-0.1, -0.05) is 0 Å². The number of nitrogens with one attached hydrogen (secondary N) is 3. The number of halogens is 2. The van der Waals surface area contributed by atoms with Crippen molar-refractivity contribution in [3.8, 4) is 0 Å². The summed E-state index contributed by atoms with van der Waals surface area (Å²) in [6.45, 7) is 4.23.